The standard InChI is InChI=1S/C22H29N/c1-13-9-14(2)19-16(10-13)17-11-15(21(3,4)5)12-18(20(17)23-19)22(6,7)8/h9-12,23H,1-8H3. The lowest BCUT2D eigenvalue weighted by Crippen LogP contribution is -2.16. The van der Waals surface area contributed by atoms with Crippen LogP contribution in [0.3, 0.4) is 0 Å². The van der Waals surface area contributed by atoms with Crippen molar-refractivity contribution in [2.75, 3.05) is 0 Å². The van der Waals surface area contributed by atoms with Gasteiger partial charge in [-0.15, -0.1) is 0 Å². The van der Waals surface area contributed by atoms with Crippen molar-refractivity contribution in [2.24, 2.45) is 0 Å². The summed E-state index contributed by atoms with van der Waals surface area (Å²) in [5.41, 5.74) is 8.32. The summed E-state index contributed by atoms with van der Waals surface area (Å²) in [6.07, 6.45) is 0. The predicted octanol–water partition coefficient (Wildman–Crippen LogP) is 6.53. The normalized spacial score (nSPS) is 13.2. The number of hydrogen-bond acceptors (Lipinski definition) is 0. The molecule has 1 aromatic heterocycles. The summed E-state index contributed by atoms with van der Waals surface area (Å²) in [7, 11) is 0. The van der Waals surface area contributed by atoms with Crippen LogP contribution in [0.1, 0.15) is 63.8 Å². The molecule has 0 saturated heterocycles. The van der Waals surface area contributed by atoms with E-state index in [1.165, 1.54) is 44.1 Å². The van der Waals surface area contributed by atoms with E-state index < -0.39 is 0 Å². The van der Waals surface area contributed by atoms with Crippen molar-refractivity contribution in [3.05, 3.63) is 46.5 Å². The maximum Gasteiger partial charge on any atom is 0.0503 e. The Kier molecular flexibility index (Phi) is 3.41. The van der Waals surface area contributed by atoms with E-state index in [1.807, 2.05) is 0 Å². The maximum atomic E-state index is 3.73. The second kappa shape index (κ2) is 4.87. The summed E-state index contributed by atoms with van der Waals surface area (Å²) in [5.74, 6) is 0. The molecule has 0 unspecified atom stereocenters. The molecule has 1 nitrogen and oxygen atoms in total. The van der Waals surface area contributed by atoms with Crippen LogP contribution in [0.15, 0.2) is 24.3 Å². The third-order valence-electron chi connectivity index (χ3n) is 4.83. The van der Waals surface area contributed by atoms with Crippen molar-refractivity contribution >= 4 is 21.8 Å². The van der Waals surface area contributed by atoms with E-state index in [-0.39, 0.29) is 10.8 Å². The van der Waals surface area contributed by atoms with Crippen LogP contribution >= 0.6 is 0 Å². The molecule has 1 heterocycles. The lowest BCUT2D eigenvalue weighted by atomic mass is 9.79. The van der Waals surface area contributed by atoms with Crippen LogP contribution in [0.2, 0.25) is 0 Å². The summed E-state index contributed by atoms with van der Waals surface area (Å²) in [4.78, 5) is 3.73. The molecule has 1 heteroatoms. The number of aromatic nitrogens is 1. The van der Waals surface area contributed by atoms with E-state index >= 15 is 0 Å². The van der Waals surface area contributed by atoms with Crippen LogP contribution in [0.25, 0.3) is 21.8 Å². The van der Waals surface area contributed by atoms with Gasteiger partial charge in [0.15, 0.2) is 0 Å². The summed E-state index contributed by atoms with van der Waals surface area (Å²) in [5, 5.41) is 2.72. The third-order valence-corrected chi connectivity index (χ3v) is 4.83. The van der Waals surface area contributed by atoms with E-state index in [9.17, 15) is 0 Å². The number of benzene rings is 2. The lowest BCUT2D eigenvalue weighted by molar-refractivity contribution is 0.572. The Morgan fingerprint density at radius 3 is 1.87 bits per heavy atom. The van der Waals surface area contributed by atoms with Crippen LogP contribution in [0.4, 0.5) is 0 Å². The van der Waals surface area contributed by atoms with Gasteiger partial charge in [0, 0.05) is 16.3 Å². The molecule has 0 fully saturated rings. The van der Waals surface area contributed by atoms with Crippen molar-refractivity contribution < 1.29 is 0 Å². The monoisotopic (exact) mass is 307 g/mol. The Morgan fingerprint density at radius 1 is 0.696 bits per heavy atom. The minimum atomic E-state index is 0.114. The Balaban J connectivity index is 2.53. The first kappa shape index (κ1) is 16.1. The van der Waals surface area contributed by atoms with Gasteiger partial charge in [-0.25, -0.2) is 0 Å². The molecule has 0 amide bonds. The molecule has 0 atom stereocenters. The number of fused-ring (bicyclic) bond motifs is 3. The molecule has 0 aliphatic heterocycles. The molecule has 3 rings (SSSR count). The second-order valence-electron chi connectivity index (χ2n) is 9.08. The molecule has 0 bridgehead atoms. The van der Waals surface area contributed by atoms with Gasteiger partial charge in [0.05, 0.1) is 5.52 Å². The molecule has 0 radical (unpaired) electrons. The van der Waals surface area contributed by atoms with E-state index in [4.69, 9.17) is 0 Å². The largest absolute Gasteiger partial charge is 0.354 e. The minimum Gasteiger partial charge on any atom is -0.354 e. The van der Waals surface area contributed by atoms with Crippen molar-refractivity contribution in [1.29, 1.82) is 0 Å². The summed E-state index contributed by atoms with van der Waals surface area (Å²) in [6.45, 7) is 18.2. The van der Waals surface area contributed by atoms with Crippen molar-refractivity contribution in [3.63, 3.8) is 0 Å². The first-order valence-corrected chi connectivity index (χ1v) is 8.56. The maximum absolute atomic E-state index is 3.73. The van der Waals surface area contributed by atoms with Gasteiger partial charge in [-0.2, -0.15) is 0 Å². The minimum absolute atomic E-state index is 0.114. The van der Waals surface area contributed by atoms with Gasteiger partial charge in [-0.3, -0.25) is 0 Å². The highest BCUT2D eigenvalue weighted by Crippen LogP contribution is 2.38. The lowest BCUT2D eigenvalue weighted by Gasteiger charge is -2.25. The van der Waals surface area contributed by atoms with Gasteiger partial charge in [0.25, 0.3) is 0 Å². The van der Waals surface area contributed by atoms with E-state index in [0.717, 1.165) is 0 Å². The van der Waals surface area contributed by atoms with Gasteiger partial charge in [-0.05, 0) is 53.5 Å². The second-order valence-corrected chi connectivity index (χ2v) is 9.08. The van der Waals surface area contributed by atoms with E-state index in [2.05, 4.69) is 84.6 Å². The summed E-state index contributed by atoms with van der Waals surface area (Å²) < 4.78 is 0. The number of aryl methyl sites for hydroxylation is 2. The molecule has 1 N–H and O–H groups in total. The van der Waals surface area contributed by atoms with Gasteiger partial charge in [0.1, 0.15) is 0 Å². The quantitative estimate of drug-likeness (QED) is 0.486. The summed E-state index contributed by atoms with van der Waals surface area (Å²) in [6, 6.07) is 9.38. The Morgan fingerprint density at radius 2 is 1.30 bits per heavy atom. The zero-order valence-electron chi connectivity index (χ0n) is 15.8. The van der Waals surface area contributed by atoms with Crippen LogP contribution in [0, 0.1) is 13.8 Å². The zero-order chi connectivity index (χ0) is 17.2. The Labute approximate surface area is 140 Å². The molecule has 3 aromatic rings. The van der Waals surface area contributed by atoms with E-state index in [1.54, 1.807) is 0 Å². The van der Waals surface area contributed by atoms with E-state index in [0.29, 0.717) is 0 Å². The van der Waals surface area contributed by atoms with Crippen LogP contribution in [-0.4, -0.2) is 4.98 Å². The molecular formula is C22H29N. The summed E-state index contributed by atoms with van der Waals surface area (Å²) >= 11 is 0. The topological polar surface area (TPSA) is 15.8 Å². The fraction of sp³-hybridized carbons (Fsp3) is 0.455. The third kappa shape index (κ3) is 2.67. The van der Waals surface area contributed by atoms with Crippen LogP contribution < -0.4 is 0 Å². The smallest absolute Gasteiger partial charge is 0.0503 e. The predicted molar refractivity (Wildman–Crippen MR) is 103 cm³/mol. The molecule has 2 aromatic carbocycles. The fourth-order valence-electron chi connectivity index (χ4n) is 3.48. The Bertz CT molecular complexity index is 896. The number of aromatic amines is 1. The molecule has 0 aliphatic rings. The average Bonchev–Trinajstić information content (AvgIpc) is 2.74. The van der Waals surface area contributed by atoms with Gasteiger partial charge in [-0.1, -0.05) is 59.2 Å². The molecule has 23 heavy (non-hydrogen) atoms. The number of H-pyrrole nitrogens is 1. The SMILES string of the molecule is Cc1cc(C)c2[nH]c3c(C(C)(C)C)cc(C(C)(C)C)cc3c2c1. The van der Waals surface area contributed by atoms with Crippen LogP contribution in [0.5, 0.6) is 0 Å². The number of nitrogens with one attached hydrogen (secondary N) is 1. The molecular weight excluding hydrogens is 278 g/mol. The highest BCUT2D eigenvalue weighted by atomic mass is 14.7. The van der Waals surface area contributed by atoms with Crippen LogP contribution in [-0.2, 0) is 10.8 Å². The average molecular weight is 307 g/mol. The number of rotatable bonds is 0. The first-order valence-electron chi connectivity index (χ1n) is 8.56. The van der Waals surface area contributed by atoms with Crippen molar-refractivity contribution in [2.45, 2.75) is 66.2 Å². The van der Waals surface area contributed by atoms with Gasteiger partial charge >= 0.3 is 0 Å². The van der Waals surface area contributed by atoms with Crippen molar-refractivity contribution in [3.8, 4) is 0 Å². The zero-order valence-corrected chi connectivity index (χ0v) is 15.8. The molecule has 0 aliphatic carbocycles. The fourth-order valence-corrected chi connectivity index (χ4v) is 3.48. The highest BCUT2D eigenvalue weighted by Gasteiger charge is 2.24. The molecule has 122 valence electrons. The number of hydrogen-bond donors (Lipinski definition) is 1. The van der Waals surface area contributed by atoms with Crippen molar-refractivity contribution in [1.82, 2.24) is 4.98 Å². The Hall–Kier alpha value is -1.76. The van der Waals surface area contributed by atoms with Gasteiger partial charge in [0.2, 0.25) is 0 Å². The molecule has 0 spiro atoms. The highest BCUT2D eigenvalue weighted by molar-refractivity contribution is 6.10. The van der Waals surface area contributed by atoms with Gasteiger partial charge < -0.3 is 4.98 Å². The molecule has 0 saturated carbocycles. The first-order chi connectivity index (χ1) is 10.5.